The van der Waals surface area contributed by atoms with Gasteiger partial charge in [0.25, 0.3) is 5.91 Å². The van der Waals surface area contributed by atoms with Crippen molar-refractivity contribution in [1.29, 1.82) is 0 Å². The van der Waals surface area contributed by atoms with Gasteiger partial charge in [-0.2, -0.15) is 0 Å². The summed E-state index contributed by atoms with van der Waals surface area (Å²) in [6, 6.07) is 12.1. The number of rotatable bonds is 6. The van der Waals surface area contributed by atoms with Gasteiger partial charge in [0.1, 0.15) is 11.6 Å². The molecule has 0 bridgehead atoms. The van der Waals surface area contributed by atoms with Gasteiger partial charge >= 0.3 is 0 Å². The van der Waals surface area contributed by atoms with Gasteiger partial charge in [-0.25, -0.2) is 18.7 Å². The molecule has 0 aliphatic heterocycles. The van der Waals surface area contributed by atoms with E-state index < -0.39 is 11.6 Å². The van der Waals surface area contributed by atoms with E-state index in [9.17, 15) is 13.6 Å². The maximum absolute atomic E-state index is 13.7. The van der Waals surface area contributed by atoms with Crippen molar-refractivity contribution >= 4 is 28.3 Å². The molecule has 0 atom stereocenters. The zero-order chi connectivity index (χ0) is 21.8. The SMILES string of the molecule is CNC(=O)COc1ccc2nc(-c3cccnc3)nc(Nc3ccc(F)c(F)c3)c2c1. The average Bonchev–Trinajstić information content (AvgIpc) is 2.80. The third kappa shape index (κ3) is 4.55. The number of likely N-dealkylation sites (N-methyl/N-ethyl adjacent to an activating group) is 1. The van der Waals surface area contributed by atoms with Crippen LogP contribution in [0, 0.1) is 11.6 Å². The summed E-state index contributed by atoms with van der Waals surface area (Å²) in [6.45, 7) is -0.150. The lowest BCUT2D eigenvalue weighted by atomic mass is 10.2. The standard InChI is InChI=1S/C22H17F2N5O2/c1-25-20(30)12-31-15-5-7-19-16(10-15)22(27-14-4-6-17(23)18(24)9-14)29-21(28-19)13-3-2-8-26-11-13/h2-11H,12H2,1H3,(H,25,30)(H,27,28,29). The molecule has 0 spiro atoms. The molecule has 31 heavy (non-hydrogen) atoms. The predicted octanol–water partition coefficient (Wildman–Crippen LogP) is 3.84. The highest BCUT2D eigenvalue weighted by molar-refractivity contribution is 5.93. The fraction of sp³-hybridized carbons (Fsp3) is 0.0909. The maximum atomic E-state index is 13.7. The first-order valence-corrected chi connectivity index (χ1v) is 9.31. The molecule has 7 nitrogen and oxygen atoms in total. The van der Waals surface area contributed by atoms with E-state index in [1.807, 2.05) is 6.07 Å². The van der Waals surface area contributed by atoms with E-state index in [0.717, 1.165) is 12.1 Å². The molecular weight excluding hydrogens is 404 g/mol. The molecule has 0 saturated heterocycles. The average molecular weight is 421 g/mol. The van der Waals surface area contributed by atoms with E-state index in [4.69, 9.17) is 4.74 Å². The van der Waals surface area contributed by atoms with Crippen molar-refractivity contribution in [2.75, 3.05) is 19.0 Å². The summed E-state index contributed by atoms with van der Waals surface area (Å²) in [5, 5.41) is 6.07. The number of hydrogen-bond acceptors (Lipinski definition) is 6. The number of benzene rings is 2. The van der Waals surface area contributed by atoms with Crippen LogP contribution in [0.1, 0.15) is 0 Å². The lowest BCUT2D eigenvalue weighted by Crippen LogP contribution is -2.24. The number of ether oxygens (including phenoxy) is 1. The number of aromatic nitrogens is 3. The zero-order valence-corrected chi connectivity index (χ0v) is 16.4. The Bertz CT molecular complexity index is 1250. The van der Waals surface area contributed by atoms with E-state index in [2.05, 4.69) is 25.6 Å². The molecular formula is C22H17F2N5O2. The van der Waals surface area contributed by atoms with Crippen LogP contribution in [0.2, 0.25) is 0 Å². The first-order valence-electron chi connectivity index (χ1n) is 9.31. The van der Waals surface area contributed by atoms with Gasteiger partial charge in [-0.1, -0.05) is 0 Å². The molecule has 9 heteroatoms. The third-order valence-electron chi connectivity index (χ3n) is 4.42. The van der Waals surface area contributed by atoms with Crippen LogP contribution in [-0.4, -0.2) is 34.5 Å². The topological polar surface area (TPSA) is 89.0 Å². The Hall–Kier alpha value is -4.14. The summed E-state index contributed by atoms with van der Waals surface area (Å²) in [6.07, 6.45) is 3.27. The summed E-state index contributed by atoms with van der Waals surface area (Å²) >= 11 is 0. The number of pyridine rings is 1. The highest BCUT2D eigenvalue weighted by Gasteiger charge is 2.13. The molecule has 0 radical (unpaired) electrons. The van der Waals surface area contributed by atoms with Crippen molar-refractivity contribution in [2.45, 2.75) is 0 Å². The van der Waals surface area contributed by atoms with Crippen molar-refractivity contribution < 1.29 is 18.3 Å². The summed E-state index contributed by atoms with van der Waals surface area (Å²) in [5.41, 5.74) is 1.59. The number of fused-ring (bicyclic) bond motifs is 1. The van der Waals surface area contributed by atoms with Crippen molar-refractivity contribution in [1.82, 2.24) is 20.3 Å². The Morgan fingerprint density at radius 3 is 2.68 bits per heavy atom. The minimum atomic E-state index is -0.981. The van der Waals surface area contributed by atoms with Crippen LogP contribution >= 0.6 is 0 Å². The van der Waals surface area contributed by atoms with Crippen molar-refractivity contribution in [2.24, 2.45) is 0 Å². The molecule has 2 aromatic heterocycles. The molecule has 0 aliphatic rings. The molecule has 1 amide bonds. The summed E-state index contributed by atoms with van der Waals surface area (Å²) in [5.74, 6) is -1.000. The van der Waals surface area contributed by atoms with Gasteiger partial charge < -0.3 is 15.4 Å². The van der Waals surface area contributed by atoms with E-state index in [-0.39, 0.29) is 12.5 Å². The van der Waals surface area contributed by atoms with E-state index in [0.29, 0.717) is 39.5 Å². The molecule has 156 valence electrons. The largest absolute Gasteiger partial charge is 0.484 e. The predicted molar refractivity (Wildman–Crippen MR) is 112 cm³/mol. The van der Waals surface area contributed by atoms with Crippen LogP contribution in [0.3, 0.4) is 0 Å². The number of nitrogens with one attached hydrogen (secondary N) is 2. The number of halogens is 2. The van der Waals surface area contributed by atoms with Crippen molar-refractivity contribution in [3.63, 3.8) is 0 Å². The molecule has 0 aliphatic carbocycles. The summed E-state index contributed by atoms with van der Waals surface area (Å²) in [7, 11) is 1.52. The zero-order valence-electron chi connectivity index (χ0n) is 16.4. The van der Waals surface area contributed by atoms with E-state index >= 15 is 0 Å². The van der Waals surface area contributed by atoms with Gasteiger partial charge in [-0.3, -0.25) is 9.78 Å². The van der Waals surface area contributed by atoms with E-state index in [1.54, 1.807) is 36.7 Å². The lowest BCUT2D eigenvalue weighted by Gasteiger charge is -2.13. The molecule has 2 heterocycles. The molecule has 0 fully saturated rings. The quantitative estimate of drug-likeness (QED) is 0.492. The highest BCUT2D eigenvalue weighted by atomic mass is 19.2. The van der Waals surface area contributed by atoms with Crippen molar-refractivity contribution in [3.05, 3.63) is 72.6 Å². The van der Waals surface area contributed by atoms with Crippen LogP contribution in [0.25, 0.3) is 22.3 Å². The van der Waals surface area contributed by atoms with Crippen LogP contribution in [0.4, 0.5) is 20.3 Å². The minimum absolute atomic E-state index is 0.150. The first kappa shape index (κ1) is 20.1. The van der Waals surface area contributed by atoms with Crippen molar-refractivity contribution in [3.8, 4) is 17.1 Å². The number of anilines is 2. The summed E-state index contributed by atoms with van der Waals surface area (Å²) in [4.78, 5) is 24.7. The second-order valence-electron chi connectivity index (χ2n) is 6.53. The van der Waals surface area contributed by atoms with Crippen LogP contribution in [-0.2, 0) is 4.79 Å². The molecule has 0 saturated carbocycles. The van der Waals surface area contributed by atoms with Gasteiger partial charge in [-0.05, 0) is 42.5 Å². The number of hydrogen-bond donors (Lipinski definition) is 2. The van der Waals surface area contributed by atoms with Crippen LogP contribution < -0.4 is 15.4 Å². The van der Waals surface area contributed by atoms with Gasteiger partial charge in [0, 0.05) is 42.1 Å². The first-order chi connectivity index (χ1) is 15.0. The second kappa shape index (κ2) is 8.70. The van der Waals surface area contributed by atoms with Crippen LogP contribution in [0.15, 0.2) is 60.9 Å². The van der Waals surface area contributed by atoms with Gasteiger partial charge in [0.15, 0.2) is 24.1 Å². The Balaban J connectivity index is 1.79. The maximum Gasteiger partial charge on any atom is 0.257 e. The third-order valence-corrected chi connectivity index (χ3v) is 4.42. The number of carbonyl (C=O) groups excluding carboxylic acids is 1. The lowest BCUT2D eigenvalue weighted by molar-refractivity contribution is -0.122. The molecule has 2 aromatic carbocycles. The van der Waals surface area contributed by atoms with Crippen LogP contribution in [0.5, 0.6) is 5.75 Å². The highest BCUT2D eigenvalue weighted by Crippen LogP contribution is 2.30. The Labute approximate surface area is 176 Å². The number of carbonyl (C=O) groups is 1. The second-order valence-corrected chi connectivity index (χ2v) is 6.53. The normalized spacial score (nSPS) is 10.7. The van der Waals surface area contributed by atoms with Gasteiger partial charge in [0.05, 0.1) is 5.52 Å². The fourth-order valence-corrected chi connectivity index (χ4v) is 2.85. The number of nitrogens with zero attached hydrogens (tertiary/aromatic N) is 3. The molecule has 4 aromatic rings. The smallest absolute Gasteiger partial charge is 0.257 e. The monoisotopic (exact) mass is 421 g/mol. The van der Waals surface area contributed by atoms with Gasteiger partial charge in [0.2, 0.25) is 0 Å². The van der Waals surface area contributed by atoms with E-state index in [1.165, 1.54) is 13.1 Å². The number of amides is 1. The van der Waals surface area contributed by atoms with Gasteiger partial charge in [-0.15, -0.1) is 0 Å². The molecule has 0 unspecified atom stereocenters. The Morgan fingerprint density at radius 1 is 1.06 bits per heavy atom. The minimum Gasteiger partial charge on any atom is -0.484 e. The Morgan fingerprint density at radius 2 is 1.94 bits per heavy atom. The fourth-order valence-electron chi connectivity index (χ4n) is 2.85. The molecule has 4 rings (SSSR count). The molecule has 2 N–H and O–H groups in total. The Kier molecular flexibility index (Phi) is 5.65. The summed E-state index contributed by atoms with van der Waals surface area (Å²) < 4.78 is 32.5.